The second-order valence-electron chi connectivity index (χ2n) is 8.50. The molecule has 0 N–H and O–H groups in total. The van der Waals surface area contributed by atoms with Crippen molar-refractivity contribution in [1.82, 2.24) is 15.0 Å². The third kappa shape index (κ3) is 5.23. The van der Waals surface area contributed by atoms with E-state index in [0.717, 1.165) is 29.1 Å². The Morgan fingerprint density at radius 1 is 1.08 bits per heavy atom. The number of hydrogen-bond donors (Lipinski definition) is 0. The third-order valence-corrected chi connectivity index (χ3v) is 8.71. The van der Waals surface area contributed by atoms with Crippen LogP contribution in [-0.4, -0.2) is 48.3 Å². The quantitative estimate of drug-likeness (QED) is 0.221. The second-order valence-corrected chi connectivity index (χ2v) is 11.1. The molecule has 1 amide bonds. The minimum Gasteiger partial charge on any atom is -0.496 e. The first kappa shape index (κ1) is 26.0. The van der Waals surface area contributed by atoms with Crippen LogP contribution in [0.3, 0.4) is 0 Å². The molecule has 0 saturated carbocycles. The van der Waals surface area contributed by atoms with Gasteiger partial charge in [0.1, 0.15) is 28.5 Å². The van der Waals surface area contributed by atoms with E-state index in [2.05, 4.69) is 21.1 Å². The van der Waals surface area contributed by atoms with E-state index in [1.54, 1.807) is 43.8 Å². The molecule has 0 atom stereocenters. The van der Waals surface area contributed by atoms with Gasteiger partial charge < -0.3 is 18.9 Å². The Morgan fingerprint density at radius 2 is 1.86 bits per heavy atom. The maximum atomic E-state index is 13.4. The standard InChI is InChI=1S/C26H22BrCl2N3O4S/c1-34-21-6-4-16(27)24(35-2)23(21)26(33)32-9-7-14(8-10-32)25-30-20(13-37-25)22-12-19(31-36-22)15-3-5-17(28)18(29)11-15/h3-6,11-14H,7-10H2,1-2H3. The average molecular weight is 623 g/mol. The van der Waals surface area contributed by atoms with Gasteiger partial charge in [-0.1, -0.05) is 34.4 Å². The van der Waals surface area contributed by atoms with Crippen LogP contribution in [0.2, 0.25) is 10.0 Å². The predicted octanol–water partition coefficient (Wildman–Crippen LogP) is 7.57. The fourth-order valence-corrected chi connectivity index (χ4v) is 6.15. The van der Waals surface area contributed by atoms with Crippen molar-refractivity contribution in [1.29, 1.82) is 0 Å². The summed E-state index contributed by atoms with van der Waals surface area (Å²) in [4.78, 5) is 20.1. The lowest BCUT2D eigenvalue weighted by Crippen LogP contribution is -2.38. The molecular weight excluding hydrogens is 601 g/mol. The van der Waals surface area contributed by atoms with Crippen molar-refractivity contribution < 1.29 is 18.8 Å². The largest absolute Gasteiger partial charge is 0.496 e. The summed E-state index contributed by atoms with van der Waals surface area (Å²) in [5, 5.41) is 8.11. The highest BCUT2D eigenvalue weighted by molar-refractivity contribution is 9.10. The van der Waals surface area contributed by atoms with E-state index in [4.69, 9.17) is 42.2 Å². The van der Waals surface area contributed by atoms with Gasteiger partial charge in [0.05, 0.1) is 33.7 Å². The van der Waals surface area contributed by atoms with Crippen LogP contribution in [0.25, 0.3) is 22.7 Å². The Morgan fingerprint density at radius 3 is 2.57 bits per heavy atom. The van der Waals surface area contributed by atoms with Gasteiger partial charge in [0.25, 0.3) is 5.91 Å². The molecule has 1 saturated heterocycles. The molecule has 0 radical (unpaired) electrons. The maximum Gasteiger partial charge on any atom is 0.261 e. The first-order chi connectivity index (χ1) is 17.9. The van der Waals surface area contributed by atoms with Crippen LogP contribution in [0.5, 0.6) is 11.5 Å². The Kier molecular flexibility index (Phi) is 7.76. The predicted molar refractivity (Wildman–Crippen MR) is 148 cm³/mol. The summed E-state index contributed by atoms with van der Waals surface area (Å²) in [5.74, 6) is 1.70. The average Bonchev–Trinajstić information content (AvgIpc) is 3.60. The van der Waals surface area contributed by atoms with Crippen molar-refractivity contribution in [2.45, 2.75) is 18.8 Å². The molecule has 2 aromatic carbocycles. The number of thiazole rings is 1. The highest BCUT2D eigenvalue weighted by Crippen LogP contribution is 2.39. The number of benzene rings is 2. The highest BCUT2D eigenvalue weighted by Gasteiger charge is 2.30. The third-order valence-electron chi connectivity index (χ3n) is 6.34. The van der Waals surface area contributed by atoms with E-state index in [1.807, 2.05) is 28.5 Å². The number of likely N-dealkylation sites (tertiary alicyclic amines) is 1. The fraction of sp³-hybridized carbons (Fsp3) is 0.269. The molecule has 3 heterocycles. The zero-order valence-corrected chi connectivity index (χ0v) is 23.9. The van der Waals surface area contributed by atoms with Crippen LogP contribution in [0.1, 0.15) is 34.1 Å². The topological polar surface area (TPSA) is 77.7 Å². The Balaban J connectivity index is 1.27. The van der Waals surface area contributed by atoms with Crippen LogP contribution < -0.4 is 9.47 Å². The minimum absolute atomic E-state index is 0.107. The number of piperidine rings is 1. The van der Waals surface area contributed by atoms with Crippen molar-refractivity contribution >= 4 is 56.4 Å². The molecule has 0 aliphatic carbocycles. The molecule has 37 heavy (non-hydrogen) atoms. The van der Waals surface area contributed by atoms with Gasteiger partial charge in [-0.25, -0.2) is 4.98 Å². The molecule has 1 aliphatic heterocycles. The van der Waals surface area contributed by atoms with Gasteiger partial charge in [-0.2, -0.15) is 0 Å². The number of methoxy groups -OCH3 is 2. The number of nitrogens with zero attached hydrogens (tertiary/aromatic N) is 3. The summed E-state index contributed by atoms with van der Waals surface area (Å²) >= 11 is 17.2. The molecule has 4 aromatic rings. The summed E-state index contributed by atoms with van der Waals surface area (Å²) < 4.78 is 17.2. The summed E-state index contributed by atoms with van der Waals surface area (Å²) in [6, 6.07) is 10.7. The Bertz CT molecular complexity index is 1450. The lowest BCUT2D eigenvalue weighted by Gasteiger charge is -2.32. The first-order valence-electron chi connectivity index (χ1n) is 11.5. The molecule has 0 spiro atoms. The lowest BCUT2D eigenvalue weighted by atomic mass is 9.96. The number of amides is 1. The molecular formula is C26H22BrCl2N3O4S. The number of hydrogen-bond acceptors (Lipinski definition) is 7. The smallest absolute Gasteiger partial charge is 0.261 e. The van der Waals surface area contributed by atoms with Gasteiger partial charge in [0.2, 0.25) is 0 Å². The van der Waals surface area contributed by atoms with Crippen LogP contribution in [-0.2, 0) is 0 Å². The van der Waals surface area contributed by atoms with E-state index in [0.29, 0.717) is 56.1 Å². The van der Waals surface area contributed by atoms with Crippen LogP contribution >= 0.6 is 50.5 Å². The van der Waals surface area contributed by atoms with E-state index in [9.17, 15) is 4.79 Å². The Hall–Kier alpha value is -2.59. The number of carbonyl (C=O) groups excluding carboxylic acids is 1. The van der Waals surface area contributed by atoms with Gasteiger partial charge in [-0.05, 0) is 53.0 Å². The first-order valence-corrected chi connectivity index (χ1v) is 13.9. The Labute approximate surface area is 236 Å². The number of halogens is 3. The van der Waals surface area contributed by atoms with Gasteiger partial charge in [-0.15, -0.1) is 11.3 Å². The number of aromatic nitrogens is 2. The summed E-state index contributed by atoms with van der Waals surface area (Å²) in [6.45, 7) is 1.22. The van der Waals surface area contributed by atoms with E-state index in [1.165, 1.54) is 0 Å². The number of ether oxygens (including phenoxy) is 2. The number of carbonyl (C=O) groups is 1. The summed E-state index contributed by atoms with van der Waals surface area (Å²) in [7, 11) is 3.10. The van der Waals surface area contributed by atoms with Gasteiger partial charge in [0.15, 0.2) is 5.76 Å². The maximum absolute atomic E-state index is 13.4. The van der Waals surface area contributed by atoms with Gasteiger partial charge >= 0.3 is 0 Å². The normalized spacial score (nSPS) is 14.1. The van der Waals surface area contributed by atoms with Crippen LogP contribution in [0.15, 0.2) is 50.8 Å². The van der Waals surface area contributed by atoms with Crippen molar-refractivity contribution in [2.24, 2.45) is 0 Å². The molecule has 11 heteroatoms. The number of rotatable bonds is 6. The van der Waals surface area contributed by atoms with Crippen LogP contribution in [0.4, 0.5) is 0 Å². The summed E-state index contributed by atoms with van der Waals surface area (Å²) in [6.07, 6.45) is 1.62. The molecule has 1 fully saturated rings. The second kappa shape index (κ2) is 11.0. The molecule has 0 unspecified atom stereocenters. The van der Waals surface area contributed by atoms with E-state index >= 15 is 0 Å². The fourth-order valence-electron chi connectivity index (χ4n) is 4.37. The van der Waals surface area contributed by atoms with Crippen molar-refractivity contribution in [3.05, 3.63) is 66.9 Å². The summed E-state index contributed by atoms with van der Waals surface area (Å²) in [5.41, 5.74) is 2.64. The van der Waals surface area contributed by atoms with Crippen molar-refractivity contribution in [3.63, 3.8) is 0 Å². The van der Waals surface area contributed by atoms with Gasteiger partial charge in [-0.3, -0.25) is 4.79 Å². The highest BCUT2D eigenvalue weighted by atomic mass is 79.9. The van der Waals surface area contributed by atoms with Crippen molar-refractivity contribution in [3.8, 4) is 34.2 Å². The van der Waals surface area contributed by atoms with Crippen molar-refractivity contribution in [2.75, 3.05) is 27.3 Å². The molecule has 0 bridgehead atoms. The van der Waals surface area contributed by atoms with E-state index in [-0.39, 0.29) is 11.8 Å². The van der Waals surface area contributed by atoms with Crippen LogP contribution in [0, 0.1) is 0 Å². The van der Waals surface area contributed by atoms with Gasteiger partial charge in [0, 0.05) is 36.0 Å². The molecule has 192 valence electrons. The van der Waals surface area contributed by atoms with E-state index < -0.39 is 0 Å². The minimum atomic E-state index is -0.107. The monoisotopic (exact) mass is 621 g/mol. The molecule has 7 nitrogen and oxygen atoms in total. The molecule has 2 aromatic heterocycles. The zero-order chi connectivity index (χ0) is 26.1. The SMILES string of the molecule is COc1ccc(Br)c(OC)c1C(=O)N1CCC(c2nc(-c3cc(-c4ccc(Cl)c(Cl)c4)no3)cs2)CC1. The molecule has 5 rings (SSSR count). The zero-order valence-electron chi connectivity index (χ0n) is 20.0. The lowest BCUT2D eigenvalue weighted by molar-refractivity contribution is 0.0706. The molecule has 1 aliphatic rings.